The minimum absolute atomic E-state index is 0.284. The first-order chi connectivity index (χ1) is 9.28. The number of pyridine rings is 1. The average Bonchev–Trinajstić information content (AvgIpc) is 2.47. The molecular weight excluding hydrogens is 244 g/mol. The molecule has 0 saturated carbocycles. The summed E-state index contributed by atoms with van der Waals surface area (Å²) < 4.78 is 16.1. The van der Waals surface area contributed by atoms with Crippen molar-refractivity contribution in [1.29, 1.82) is 5.26 Å². The zero-order valence-corrected chi connectivity index (χ0v) is 10.6. The van der Waals surface area contributed by atoms with Crippen LogP contribution in [0.4, 0.5) is 0 Å². The SMILES string of the molecule is COc1cccc(OC)c1Oc1cccc(C#N)n1. The molecule has 5 heteroatoms. The number of nitrogens with zero attached hydrogens (tertiary/aromatic N) is 2. The van der Waals surface area contributed by atoms with Crippen LogP contribution in [0.1, 0.15) is 5.69 Å². The molecule has 19 heavy (non-hydrogen) atoms. The van der Waals surface area contributed by atoms with Crippen molar-refractivity contribution in [2.75, 3.05) is 14.2 Å². The van der Waals surface area contributed by atoms with Crippen LogP contribution in [-0.4, -0.2) is 19.2 Å². The predicted molar refractivity (Wildman–Crippen MR) is 68.6 cm³/mol. The van der Waals surface area contributed by atoms with Gasteiger partial charge in [0.15, 0.2) is 11.5 Å². The Morgan fingerprint density at radius 1 is 1.00 bits per heavy atom. The normalized spacial score (nSPS) is 9.53. The Bertz CT molecular complexity index is 598. The van der Waals surface area contributed by atoms with Crippen molar-refractivity contribution in [1.82, 2.24) is 4.98 Å². The summed E-state index contributed by atoms with van der Waals surface area (Å²) in [5.41, 5.74) is 0.284. The lowest BCUT2D eigenvalue weighted by Crippen LogP contribution is -1.96. The van der Waals surface area contributed by atoms with Gasteiger partial charge in [-0.1, -0.05) is 12.1 Å². The first-order valence-electron chi connectivity index (χ1n) is 5.54. The fourth-order valence-corrected chi connectivity index (χ4v) is 1.56. The molecule has 0 spiro atoms. The van der Waals surface area contributed by atoms with Gasteiger partial charge in [-0.25, -0.2) is 4.98 Å². The third-order valence-corrected chi connectivity index (χ3v) is 2.43. The van der Waals surface area contributed by atoms with Gasteiger partial charge in [-0.15, -0.1) is 0 Å². The molecule has 0 atom stereocenters. The average molecular weight is 256 g/mol. The smallest absolute Gasteiger partial charge is 0.220 e. The van der Waals surface area contributed by atoms with Crippen molar-refractivity contribution in [2.24, 2.45) is 0 Å². The van der Waals surface area contributed by atoms with E-state index in [4.69, 9.17) is 19.5 Å². The van der Waals surface area contributed by atoms with Gasteiger partial charge in [-0.05, 0) is 18.2 Å². The fourth-order valence-electron chi connectivity index (χ4n) is 1.56. The molecule has 2 aromatic rings. The van der Waals surface area contributed by atoms with E-state index >= 15 is 0 Å². The molecule has 0 N–H and O–H groups in total. The van der Waals surface area contributed by atoms with Gasteiger partial charge in [-0.3, -0.25) is 0 Å². The number of hydrogen-bond acceptors (Lipinski definition) is 5. The standard InChI is InChI=1S/C14H12N2O3/c1-17-11-6-4-7-12(18-2)14(11)19-13-8-3-5-10(9-15)16-13/h3-8H,1-2H3. The topological polar surface area (TPSA) is 64.4 Å². The first kappa shape index (κ1) is 12.7. The fraction of sp³-hybridized carbons (Fsp3) is 0.143. The highest BCUT2D eigenvalue weighted by molar-refractivity contribution is 5.52. The number of benzene rings is 1. The molecule has 1 aromatic heterocycles. The molecule has 1 heterocycles. The van der Waals surface area contributed by atoms with E-state index in [2.05, 4.69) is 4.98 Å². The Balaban J connectivity index is 2.39. The van der Waals surface area contributed by atoms with Crippen LogP contribution in [0, 0.1) is 11.3 Å². The third-order valence-electron chi connectivity index (χ3n) is 2.43. The van der Waals surface area contributed by atoms with Crippen molar-refractivity contribution in [3.05, 3.63) is 42.1 Å². The van der Waals surface area contributed by atoms with Crippen molar-refractivity contribution >= 4 is 0 Å². The van der Waals surface area contributed by atoms with Crippen molar-refractivity contribution in [2.45, 2.75) is 0 Å². The van der Waals surface area contributed by atoms with E-state index in [1.165, 1.54) is 0 Å². The van der Waals surface area contributed by atoms with E-state index in [1.54, 1.807) is 50.6 Å². The molecule has 0 aliphatic rings. The molecule has 96 valence electrons. The number of rotatable bonds is 4. The Kier molecular flexibility index (Phi) is 3.84. The Morgan fingerprint density at radius 3 is 2.21 bits per heavy atom. The van der Waals surface area contributed by atoms with Gasteiger partial charge in [0.2, 0.25) is 11.6 Å². The Labute approximate surface area is 111 Å². The largest absolute Gasteiger partial charge is 0.493 e. The number of nitriles is 1. The molecule has 0 aliphatic carbocycles. The van der Waals surface area contributed by atoms with Gasteiger partial charge in [0.1, 0.15) is 11.8 Å². The van der Waals surface area contributed by atoms with Crippen LogP contribution in [0.2, 0.25) is 0 Å². The molecule has 0 saturated heterocycles. The lowest BCUT2D eigenvalue weighted by Gasteiger charge is -2.13. The van der Waals surface area contributed by atoms with Gasteiger partial charge in [0.25, 0.3) is 0 Å². The molecule has 1 aromatic carbocycles. The number of ether oxygens (including phenoxy) is 3. The highest BCUT2D eigenvalue weighted by atomic mass is 16.5. The van der Waals surface area contributed by atoms with Crippen LogP contribution in [0.3, 0.4) is 0 Å². The zero-order valence-electron chi connectivity index (χ0n) is 10.6. The Hall–Kier alpha value is -2.74. The second-order valence-corrected chi connectivity index (χ2v) is 3.57. The van der Waals surface area contributed by atoms with E-state index in [-0.39, 0.29) is 5.69 Å². The molecule has 0 amide bonds. The van der Waals surface area contributed by atoms with E-state index in [9.17, 15) is 0 Å². The highest BCUT2D eigenvalue weighted by Gasteiger charge is 2.13. The number of para-hydroxylation sites is 1. The van der Waals surface area contributed by atoms with Gasteiger partial charge in [0.05, 0.1) is 14.2 Å². The van der Waals surface area contributed by atoms with Gasteiger partial charge < -0.3 is 14.2 Å². The lowest BCUT2D eigenvalue weighted by atomic mass is 10.3. The van der Waals surface area contributed by atoms with Crippen LogP contribution < -0.4 is 14.2 Å². The molecule has 0 unspecified atom stereocenters. The first-order valence-corrected chi connectivity index (χ1v) is 5.54. The number of methoxy groups -OCH3 is 2. The van der Waals surface area contributed by atoms with Crippen LogP contribution in [0.15, 0.2) is 36.4 Å². The van der Waals surface area contributed by atoms with E-state index in [0.717, 1.165) is 0 Å². The quantitative estimate of drug-likeness (QED) is 0.841. The summed E-state index contributed by atoms with van der Waals surface area (Å²) in [5, 5.41) is 8.81. The maximum absolute atomic E-state index is 8.81. The maximum atomic E-state index is 8.81. The van der Waals surface area contributed by atoms with Crippen LogP contribution in [0.25, 0.3) is 0 Å². The van der Waals surface area contributed by atoms with E-state index in [0.29, 0.717) is 23.1 Å². The zero-order chi connectivity index (χ0) is 13.7. The summed E-state index contributed by atoms with van der Waals surface area (Å²) in [6.45, 7) is 0. The van der Waals surface area contributed by atoms with Crippen LogP contribution in [0.5, 0.6) is 23.1 Å². The van der Waals surface area contributed by atoms with Crippen molar-refractivity contribution in [3.63, 3.8) is 0 Å². The predicted octanol–water partition coefficient (Wildman–Crippen LogP) is 2.76. The molecule has 5 nitrogen and oxygen atoms in total. The molecule has 2 rings (SSSR count). The van der Waals surface area contributed by atoms with Gasteiger partial charge >= 0.3 is 0 Å². The molecular formula is C14H12N2O3. The molecule has 0 fully saturated rings. The highest BCUT2D eigenvalue weighted by Crippen LogP contribution is 2.39. The molecule has 0 radical (unpaired) electrons. The summed E-state index contributed by atoms with van der Waals surface area (Å²) in [4.78, 5) is 4.04. The number of aromatic nitrogens is 1. The maximum Gasteiger partial charge on any atom is 0.220 e. The summed E-state index contributed by atoms with van der Waals surface area (Å²) in [5.74, 6) is 1.80. The number of hydrogen-bond donors (Lipinski definition) is 0. The molecule has 0 aliphatic heterocycles. The second-order valence-electron chi connectivity index (χ2n) is 3.57. The third kappa shape index (κ3) is 2.75. The monoisotopic (exact) mass is 256 g/mol. The van der Waals surface area contributed by atoms with Gasteiger partial charge in [0, 0.05) is 6.07 Å². The van der Waals surface area contributed by atoms with Crippen LogP contribution >= 0.6 is 0 Å². The summed E-state index contributed by atoms with van der Waals surface area (Å²) in [6, 6.07) is 12.2. The lowest BCUT2D eigenvalue weighted by molar-refractivity contribution is 0.342. The van der Waals surface area contributed by atoms with E-state index < -0.39 is 0 Å². The van der Waals surface area contributed by atoms with Crippen molar-refractivity contribution < 1.29 is 14.2 Å². The summed E-state index contributed by atoms with van der Waals surface area (Å²) >= 11 is 0. The van der Waals surface area contributed by atoms with Gasteiger partial charge in [-0.2, -0.15) is 5.26 Å². The Morgan fingerprint density at radius 2 is 1.63 bits per heavy atom. The summed E-state index contributed by atoms with van der Waals surface area (Å²) in [7, 11) is 3.08. The molecule has 0 bridgehead atoms. The summed E-state index contributed by atoms with van der Waals surface area (Å²) in [6.07, 6.45) is 0. The second kappa shape index (κ2) is 5.74. The van der Waals surface area contributed by atoms with Crippen LogP contribution in [-0.2, 0) is 0 Å². The minimum atomic E-state index is 0.284. The van der Waals surface area contributed by atoms with Crippen molar-refractivity contribution in [3.8, 4) is 29.2 Å². The minimum Gasteiger partial charge on any atom is -0.493 e. The van der Waals surface area contributed by atoms with E-state index in [1.807, 2.05) is 6.07 Å².